The van der Waals surface area contributed by atoms with Gasteiger partial charge in [-0.3, -0.25) is 14.4 Å². The molecule has 0 fully saturated rings. The third-order valence-electron chi connectivity index (χ3n) is 4.63. The van der Waals surface area contributed by atoms with Gasteiger partial charge in [0.25, 0.3) is 11.7 Å². The number of alkyl halides is 3. The molecular weight excluding hydrogens is 461 g/mol. The van der Waals surface area contributed by atoms with Crippen LogP contribution in [-0.4, -0.2) is 42.5 Å². The highest BCUT2D eigenvalue weighted by molar-refractivity contribution is 6.30. The summed E-state index contributed by atoms with van der Waals surface area (Å²) in [4.78, 5) is 37.0. The fourth-order valence-electron chi connectivity index (χ4n) is 2.97. The number of hydrogen-bond acceptors (Lipinski definition) is 4. The number of benzene rings is 2. The van der Waals surface area contributed by atoms with E-state index < -0.39 is 48.4 Å². The minimum Gasteiger partial charge on any atom is -0.484 e. The first-order valence-corrected chi connectivity index (χ1v) is 10.5. The largest absolute Gasteiger partial charge is 0.484 e. The fraction of sp³-hybridized carbons (Fsp3) is 0.348. The van der Waals surface area contributed by atoms with Crippen molar-refractivity contribution < 1.29 is 32.3 Å². The van der Waals surface area contributed by atoms with E-state index in [-0.39, 0.29) is 6.42 Å². The van der Waals surface area contributed by atoms with Crippen LogP contribution < -0.4 is 15.4 Å². The van der Waals surface area contributed by atoms with Crippen molar-refractivity contribution in [3.8, 4) is 5.75 Å². The topological polar surface area (TPSA) is 84.5 Å². The highest BCUT2D eigenvalue weighted by Gasteiger charge is 2.45. The molecule has 2 atom stereocenters. The number of Topliss-reactive ketones (excluding diaryl/α,β-unsaturated/α-hetero) is 1. The Bertz CT molecular complexity index is 968. The van der Waals surface area contributed by atoms with Crippen molar-refractivity contribution in [1.82, 2.24) is 10.6 Å². The van der Waals surface area contributed by atoms with E-state index in [1.165, 1.54) is 19.9 Å². The van der Waals surface area contributed by atoms with Crippen LogP contribution in [0.2, 0.25) is 5.02 Å². The molecule has 178 valence electrons. The molecule has 0 bridgehead atoms. The molecule has 1 unspecified atom stereocenters. The summed E-state index contributed by atoms with van der Waals surface area (Å²) in [5, 5.41) is 5.02. The first-order valence-electron chi connectivity index (χ1n) is 10.1. The fourth-order valence-corrected chi connectivity index (χ4v) is 3.15. The van der Waals surface area contributed by atoms with Gasteiger partial charge in [0.1, 0.15) is 11.8 Å². The van der Waals surface area contributed by atoms with Crippen LogP contribution in [0.15, 0.2) is 54.6 Å². The van der Waals surface area contributed by atoms with Crippen molar-refractivity contribution in [3.05, 3.63) is 65.2 Å². The maximum atomic E-state index is 13.0. The Morgan fingerprint density at radius 1 is 1.00 bits per heavy atom. The van der Waals surface area contributed by atoms with E-state index in [0.29, 0.717) is 16.3 Å². The lowest BCUT2D eigenvalue weighted by Gasteiger charge is -2.25. The van der Waals surface area contributed by atoms with Crippen LogP contribution in [0.4, 0.5) is 13.2 Å². The SMILES string of the molecule is CC(C)[C@H](NC(=O)C(Cc1ccccc1)NC(=O)COc1cccc(Cl)c1)C(=O)C(F)(F)F. The third-order valence-corrected chi connectivity index (χ3v) is 4.86. The Labute approximate surface area is 194 Å². The second-order valence-corrected chi connectivity index (χ2v) is 8.08. The lowest BCUT2D eigenvalue weighted by atomic mass is 9.98. The summed E-state index contributed by atoms with van der Waals surface area (Å²) >= 11 is 5.87. The summed E-state index contributed by atoms with van der Waals surface area (Å²) in [5.41, 5.74) is 0.664. The van der Waals surface area contributed by atoms with Crippen molar-refractivity contribution in [2.24, 2.45) is 5.92 Å². The predicted octanol–water partition coefficient (Wildman–Crippen LogP) is 3.72. The van der Waals surface area contributed by atoms with Gasteiger partial charge in [0.15, 0.2) is 6.61 Å². The number of ketones is 1. The normalized spacial score (nSPS) is 13.2. The van der Waals surface area contributed by atoms with Crippen LogP contribution in [0, 0.1) is 5.92 Å². The zero-order valence-corrected chi connectivity index (χ0v) is 18.7. The lowest BCUT2D eigenvalue weighted by molar-refractivity contribution is -0.175. The van der Waals surface area contributed by atoms with Gasteiger partial charge in [0.05, 0.1) is 6.04 Å². The zero-order chi connectivity index (χ0) is 24.6. The first kappa shape index (κ1) is 26.2. The summed E-state index contributed by atoms with van der Waals surface area (Å²) in [6.07, 6.45) is -5.11. The summed E-state index contributed by atoms with van der Waals surface area (Å²) in [6, 6.07) is 11.9. The molecule has 2 amide bonds. The van der Waals surface area contributed by atoms with E-state index in [2.05, 4.69) is 10.6 Å². The molecule has 33 heavy (non-hydrogen) atoms. The smallest absolute Gasteiger partial charge is 0.452 e. The molecule has 0 spiro atoms. The van der Waals surface area contributed by atoms with Gasteiger partial charge >= 0.3 is 6.18 Å². The Kier molecular flexibility index (Phi) is 9.28. The quantitative estimate of drug-likeness (QED) is 0.538. The number of carbonyl (C=O) groups is 3. The molecule has 0 saturated carbocycles. The van der Waals surface area contributed by atoms with Gasteiger partial charge in [-0.15, -0.1) is 0 Å². The molecule has 10 heteroatoms. The highest BCUT2D eigenvalue weighted by Crippen LogP contribution is 2.21. The maximum absolute atomic E-state index is 13.0. The zero-order valence-electron chi connectivity index (χ0n) is 18.0. The molecule has 6 nitrogen and oxygen atoms in total. The number of rotatable bonds is 10. The van der Waals surface area contributed by atoms with Gasteiger partial charge in [-0.1, -0.05) is 61.8 Å². The summed E-state index contributed by atoms with van der Waals surface area (Å²) < 4.78 is 44.2. The number of amides is 2. The molecule has 0 aromatic heterocycles. The van der Waals surface area contributed by atoms with Gasteiger partial charge in [-0.05, 0) is 29.7 Å². The molecule has 0 aliphatic rings. The Morgan fingerprint density at radius 2 is 1.67 bits per heavy atom. The van der Waals surface area contributed by atoms with Crippen LogP contribution in [-0.2, 0) is 20.8 Å². The maximum Gasteiger partial charge on any atom is 0.452 e. The molecule has 0 radical (unpaired) electrons. The standard InChI is InChI=1S/C23H24ClF3N2O4/c1-14(2)20(21(31)23(25,26)27)29-22(32)18(11-15-7-4-3-5-8-15)28-19(30)13-33-17-10-6-9-16(24)12-17/h3-10,12,14,18,20H,11,13H2,1-2H3,(H,28,30)(H,29,32)/t18?,20-/m0/s1. The third kappa shape index (κ3) is 8.42. The van der Waals surface area contributed by atoms with Gasteiger partial charge in [-0.25, -0.2) is 0 Å². The van der Waals surface area contributed by atoms with Gasteiger partial charge in [0, 0.05) is 11.4 Å². The van der Waals surface area contributed by atoms with Crippen LogP contribution in [0.5, 0.6) is 5.75 Å². The van der Waals surface area contributed by atoms with Crippen molar-refractivity contribution in [2.75, 3.05) is 6.61 Å². The van der Waals surface area contributed by atoms with E-state index in [0.717, 1.165) is 0 Å². The molecule has 2 aromatic rings. The predicted molar refractivity (Wildman–Crippen MR) is 117 cm³/mol. The summed E-state index contributed by atoms with van der Waals surface area (Å²) in [6.45, 7) is 2.32. The Hall–Kier alpha value is -3.07. The number of ether oxygens (including phenoxy) is 1. The van der Waals surface area contributed by atoms with Gasteiger partial charge in [0.2, 0.25) is 5.91 Å². The second kappa shape index (κ2) is 11.7. The average molecular weight is 485 g/mol. The Balaban J connectivity index is 2.14. The molecule has 2 N–H and O–H groups in total. The number of nitrogens with one attached hydrogen (secondary N) is 2. The van der Waals surface area contributed by atoms with E-state index in [9.17, 15) is 27.6 Å². The van der Waals surface area contributed by atoms with Crippen LogP contribution in [0.25, 0.3) is 0 Å². The molecule has 0 heterocycles. The second-order valence-electron chi connectivity index (χ2n) is 7.65. The van der Waals surface area contributed by atoms with E-state index >= 15 is 0 Å². The van der Waals surface area contributed by atoms with E-state index in [1.807, 2.05) is 0 Å². The van der Waals surface area contributed by atoms with Crippen LogP contribution in [0.3, 0.4) is 0 Å². The summed E-state index contributed by atoms with van der Waals surface area (Å²) in [7, 11) is 0. The molecule has 2 rings (SSSR count). The minimum atomic E-state index is -5.11. The molecule has 0 aliphatic heterocycles. The molecule has 0 aliphatic carbocycles. The van der Waals surface area contributed by atoms with Crippen LogP contribution >= 0.6 is 11.6 Å². The highest BCUT2D eigenvalue weighted by atomic mass is 35.5. The monoisotopic (exact) mass is 484 g/mol. The number of carbonyl (C=O) groups excluding carboxylic acids is 3. The van der Waals surface area contributed by atoms with Crippen molar-refractivity contribution >= 4 is 29.2 Å². The van der Waals surface area contributed by atoms with Crippen LogP contribution in [0.1, 0.15) is 19.4 Å². The average Bonchev–Trinajstić information content (AvgIpc) is 2.75. The lowest BCUT2D eigenvalue weighted by Crippen LogP contribution is -2.56. The van der Waals surface area contributed by atoms with Crippen molar-refractivity contribution in [2.45, 2.75) is 38.5 Å². The molecule has 0 saturated heterocycles. The van der Waals surface area contributed by atoms with Gasteiger partial charge in [-0.2, -0.15) is 13.2 Å². The van der Waals surface area contributed by atoms with Crippen molar-refractivity contribution in [3.63, 3.8) is 0 Å². The first-order chi connectivity index (χ1) is 15.5. The van der Waals surface area contributed by atoms with Gasteiger partial charge < -0.3 is 15.4 Å². The Morgan fingerprint density at radius 3 is 2.24 bits per heavy atom. The molecule has 2 aromatic carbocycles. The van der Waals surface area contributed by atoms with E-state index in [1.54, 1.807) is 48.5 Å². The number of hydrogen-bond donors (Lipinski definition) is 2. The minimum absolute atomic E-state index is 0.000597. The van der Waals surface area contributed by atoms with Crippen molar-refractivity contribution in [1.29, 1.82) is 0 Å². The molecular formula is C23H24ClF3N2O4. The number of halogens is 4. The summed E-state index contributed by atoms with van der Waals surface area (Å²) in [5.74, 6) is -4.12. The van der Waals surface area contributed by atoms with E-state index in [4.69, 9.17) is 16.3 Å².